The quantitative estimate of drug-likeness (QED) is 0.592. The number of piperidine rings is 1. The van der Waals surface area contributed by atoms with Gasteiger partial charge in [-0.1, -0.05) is 24.6 Å². The summed E-state index contributed by atoms with van der Waals surface area (Å²) in [5.74, 6) is 0.711. The lowest BCUT2D eigenvalue weighted by Gasteiger charge is -2.28. The number of para-hydroxylation sites is 1. The van der Waals surface area contributed by atoms with Crippen LogP contribution in [0.15, 0.2) is 48.5 Å². The van der Waals surface area contributed by atoms with Gasteiger partial charge in [-0.05, 0) is 70.1 Å². The van der Waals surface area contributed by atoms with Gasteiger partial charge in [0.25, 0.3) is 0 Å². The topological polar surface area (TPSA) is 54.7 Å². The summed E-state index contributed by atoms with van der Waals surface area (Å²) >= 11 is 0. The first-order valence-corrected chi connectivity index (χ1v) is 10.8. The number of hydrogen-bond acceptors (Lipinski definition) is 4. The fraction of sp³-hybridized carbons (Fsp3) is 0.400. The molecule has 1 fully saturated rings. The molecule has 1 aromatic heterocycles. The number of benzene rings is 2. The molecule has 0 bridgehead atoms. The number of ketones is 1. The summed E-state index contributed by atoms with van der Waals surface area (Å²) in [6, 6.07) is 15.9. The second kappa shape index (κ2) is 9.02. The van der Waals surface area contributed by atoms with Gasteiger partial charge >= 0.3 is 0 Å². The molecule has 0 saturated carbocycles. The highest BCUT2D eigenvalue weighted by Crippen LogP contribution is 2.32. The number of nitrogens with zero attached hydrogens (tertiary/aromatic N) is 2. The van der Waals surface area contributed by atoms with Crippen LogP contribution >= 0.6 is 0 Å². The van der Waals surface area contributed by atoms with Gasteiger partial charge in [0.1, 0.15) is 18.5 Å². The van der Waals surface area contributed by atoms with Gasteiger partial charge < -0.3 is 19.3 Å². The van der Waals surface area contributed by atoms with Crippen molar-refractivity contribution in [3.8, 4) is 11.4 Å². The lowest BCUT2D eigenvalue weighted by molar-refractivity contribution is 0.0617. The lowest BCUT2D eigenvalue weighted by Crippen LogP contribution is -2.38. The number of hydrogen-bond donors (Lipinski definition) is 1. The largest absolute Gasteiger partial charge is 0.491 e. The summed E-state index contributed by atoms with van der Waals surface area (Å²) in [6.07, 6.45) is 3.16. The van der Waals surface area contributed by atoms with Crippen molar-refractivity contribution in [2.45, 2.75) is 39.2 Å². The molecule has 1 atom stereocenters. The lowest BCUT2D eigenvalue weighted by atomic mass is 10.1. The molecule has 1 unspecified atom stereocenters. The molecule has 5 nitrogen and oxygen atoms in total. The van der Waals surface area contributed by atoms with Crippen LogP contribution in [-0.4, -0.2) is 52.7 Å². The molecular weight excluding hydrogens is 376 g/mol. The second-order valence-corrected chi connectivity index (χ2v) is 8.19. The fourth-order valence-corrected chi connectivity index (χ4v) is 4.53. The van der Waals surface area contributed by atoms with Crippen molar-refractivity contribution in [2.75, 3.05) is 26.2 Å². The minimum Gasteiger partial charge on any atom is -0.491 e. The molecule has 1 aliphatic rings. The van der Waals surface area contributed by atoms with E-state index < -0.39 is 6.10 Å². The molecule has 5 heteroatoms. The average Bonchev–Trinajstić information content (AvgIpc) is 3.04. The monoisotopic (exact) mass is 406 g/mol. The minimum atomic E-state index is -0.526. The highest BCUT2D eigenvalue weighted by atomic mass is 16.5. The summed E-state index contributed by atoms with van der Waals surface area (Å²) in [7, 11) is 0. The van der Waals surface area contributed by atoms with Gasteiger partial charge in [0.15, 0.2) is 5.78 Å². The summed E-state index contributed by atoms with van der Waals surface area (Å²) in [5, 5.41) is 11.3. The van der Waals surface area contributed by atoms with Crippen molar-refractivity contribution in [2.24, 2.45) is 0 Å². The normalized spacial score (nSPS) is 16.0. The average molecular weight is 407 g/mol. The molecule has 158 valence electrons. The maximum Gasteiger partial charge on any atom is 0.162 e. The Hall–Kier alpha value is -2.63. The van der Waals surface area contributed by atoms with E-state index in [2.05, 4.69) is 9.47 Å². The third kappa shape index (κ3) is 4.27. The maximum absolute atomic E-state index is 12.4. The Labute approximate surface area is 177 Å². The van der Waals surface area contributed by atoms with E-state index in [1.807, 2.05) is 55.5 Å². The number of rotatable bonds is 7. The number of carbonyl (C=O) groups excluding carboxylic acids is 1. The van der Waals surface area contributed by atoms with Crippen molar-refractivity contribution in [3.05, 3.63) is 59.8 Å². The van der Waals surface area contributed by atoms with Crippen LogP contribution < -0.4 is 4.74 Å². The van der Waals surface area contributed by atoms with Crippen LogP contribution in [0.1, 0.15) is 42.2 Å². The summed E-state index contributed by atoms with van der Waals surface area (Å²) in [5.41, 5.74) is 3.64. The number of carbonyl (C=O) groups is 1. The van der Waals surface area contributed by atoms with E-state index in [4.69, 9.17) is 4.74 Å². The third-order valence-electron chi connectivity index (χ3n) is 5.90. The van der Waals surface area contributed by atoms with Crippen molar-refractivity contribution in [1.82, 2.24) is 9.47 Å². The SMILES string of the molecule is CC(=O)c1c(C)n(-c2ccccc2)c2ccc(OCC(O)CN3CCCCC3)cc12. The van der Waals surface area contributed by atoms with E-state index >= 15 is 0 Å². The molecule has 3 aromatic rings. The van der Waals surface area contributed by atoms with Crippen LogP contribution in [0, 0.1) is 6.92 Å². The Morgan fingerprint density at radius 1 is 1.10 bits per heavy atom. The van der Waals surface area contributed by atoms with Crippen LogP contribution in [0.4, 0.5) is 0 Å². The van der Waals surface area contributed by atoms with Crippen molar-refractivity contribution >= 4 is 16.7 Å². The Bertz CT molecular complexity index is 1020. The number of aliphatic hydroxyl groups excluding tert-OH is 1. The number of fused-ring (bicyclic) bond motifs is 1. The zero-order chi connectivity index (χ0) is 21.1. The van der Waals surface area contributed by atoms with E-state index in [0.717, 1.165) is 35.4 Å². The van der Waals surface area contributed by atoms with Crippen LogP contribution in [-0.2, 0) is 0 Å². The van der Waals surface area contributed by atoms with Gasteiger partial charge in [0.2, 0.25) is 0 Å². The van der Waals surface area contributed by atoms with Crippen LogP contribution in [0.2, 0.25) is 0 Å². The van der Waals surface area contributed by atoms with E-state index in [1.165, 1.54) is 19.3 Å². The third-order valence-corrected chi connectivity index (χ3v) is 5.90. The van der Waals surface area contributed by atoms with Gasteiger partial charge in [0, 0.05) is 28.9 Å². The van der Waals surface area contributed by atoms with Crippen molar-refractivity contribution in [3.63, 3.8) is 0 Å². The Balaban J connectivity index is 1.57. The number of likely N-dealkylation sites (tertiary alicyclic amines) is 1. The fourth-order valence-electron chi connectivity index (χ4n) is 4.53. The number of β-amino-alcohol motifs (C(OH)–C–C–N with tert-alkyl or cyclic N) is 1. The molecule has 1 aliphatic heterocycles. The molecular formula is C25H30N2O3. The molecule has 0 amide bonds. The molecule has 30 heavy (non-hydrogen) atoms. The molecule has 2 aromatic carbocycles. The van der Waals surface area contributed by atoms with Crippen LogP contribution in [0.25, 0.3) is 16.6 Å². The Kier molecular flexibility index (Phi) is 6.21. The van der Waals surface area contributed by atoms with E-state index in [-0.39, 0.29) is 12.4 Å². The van der Waals surface area contributed by atoms with Crippen molar-refractivity contribution in [1.29, 1.82) is 0 Å². The van der Waals surface area contributed by atoms with Gasteiger partial charge in [-0.2, -0.15) is 0 Å². The van der Waals surface area contributed by atoms with Gasteiger partial charge in [-0.15, -0.1) is 0 Å². The number of aromatic nitrogens is 1. The molecule has 0 aliphatic carbocycles. The standard InChI is InChI=1S/C25H30N2O3/c1-18-25(19(2)28)23-15-22(30-17-21(29)16-26-13-7-4-8-14-26)11-12-24(23)27(18)20-9-5-3-6-10-20/h3,5-6,9-12,15,21,29H,4,7-8,13-14,16-17H2,1-2H3. The number of ether oxygens (including phenoxy) is 1. The number of aliphatic hydroxyl groups is 1. The highest BCUT2D eigenvalue weighted by Gasteiger charge is 2.20. The first-order valence-electron chi connectivity index (χ1n) is 10.8. The molecule has 0 radical (unpaired) electrons. The van der Waals surface area contributed by atoms with Gasteiger partial charge in [-0.25, -0.2) is 0 Å². The zero-order valence-corrected chi connectivity index (χ0v) is 17.8. The predicted octanol–water partition coefficient (Wildman–Crippen LogP) is 4.37. The molecule has 1 N–H and O–H groups in total. The zero-order valence-electron chi connectivity index (χ0n) is 17.8. The minimum absolute atomic E-state index is 0.0365. The maximum atomic E-state index is 12.4. The van der Waals surface area contributed by atoms with Crippen molar-refractivity contribution < 1.29 is 14.6 Å². The summed E-state index contributed by atoms with van der Waals surface area (Å²) < 4.78 is 8.02. The molecule has 0 spiro atoms. The first kappa shape index (κ1) is 20.6. The number of Topliss-reactive ketones (excluding diaryl/α,β-unsaturated/α-hetero) is 1. The van der Waals surface area contributed by atoms with Crippen LogP contribution in [0.5, 0.6) is 5.75 Å². The summed E-state index contributed by atoms with van der Waals surface area (Å²) in [4.78, 5) is 14.7. The highest BCUT2D eigenvalue weighted by molar-refractivity contribution is 6.09. The first-order chi connectivity index (χ1) is 14.5. The smallest absolute Gasteiger partial charge is 0.162 e. The molecule has 4 rings (SSSR count). The molecule has 2 heterocycles. The molecule has 1 saturated heterocycles. The Morgan fingerprint density at radius 2 is 1.83 bits per heavy atom. The summed E-state index contributed by atoms with van der Waals surface area (Å²) in [6.45, 7) is 6.58. The van der Waals surface area contributed by atoms with Gasteiger partial charge in [0.05, 0.1) is 5.52 Å². The van der Waals surface area contributed by atoms with E-state index in [1.54, 1.807) is 6.92 Å². The van der Waals surface area contributed by atoms with Crippen LogP contribution in [0.3, 0.4) is 0 Å². The van der Waals surface area contributed by atoms with E-state index in [9.17, 15) is 9.90 Å². The second-order valence-electron chi connectivity index (χ2n) is 8.19. The van der Waals surface area contributed by atoms with Gasteiger partial charge in [-0.3, -0.25) is 4.79 Å². The Morgan fingerprint density at radius 3 is 2.53 bits per heavy atom. The predicted molar refractivity (Wildman–Crippen MR) is 120 cm³/mol. The van der Waals surface area contributed by atoms with E-state index in [0.29, 0.717) is 17.9 Å².